The van der Waals surface area contributed by atoms with Crippen molar-refractivity contribution >= 4 is 16.6 Å². The van der Waals surface area contributed by atoms with Crippen molar-refractivity contribution in [1.82, 2.24) is 14.7 Å². The van der Waals surface area contributed by atoms with Crippen LogP contribution in [0.4, 0.5) is 0 Å². The molecule has 0 aliphatic heterocycles. The van der Waals surface area contributed by atoms with Crippen LogP contribution < -0.4 is 5.32 Å². The first-order chi connectivity index (χ1) is 8.90. The van der Waals surface area contributed by atoms with Gasteiger partial charge in [-0.25, -0.2) is 0 Å². The number of rotatable bonds is 3. The van der Waals surface area contributed by atoms with Crippen LogP contribution in [0.25, 0.3) is 16.6 Å². The van der Waals surface area contributed by atoms with Crippen molar-refractivity contribution in [3.63, 3.8) is 0 Å². The zero-order chi connectivity index (χ0) is 11.9. The Morgan fingerprint density at radius 1 is 1.28 bits per heavy atom. The van der Waals surface area contributed by atoms with Crippen molar-refractivity contribution in [3.8, 4) is 0 Å². The van der Waals surface area contributed by atoms with E-state index in [0.29, 0.717) is 0 Å². The lowest BCUT2D eigenvalue weighted by Gasteiger charge is -2.06. The minimum Gasteiger partial charge on any atom is -0.314 e. The average Bonchev–Trinajstić information content (AvgIpc) is 3.11. The molecular formula is C15H15N3. The standard InChI is InChI=1S/C15H15N3/c1-2-13-10-17-14-8-11(9-16-12-4-5-12)3-6-15(14)18(13)7-1/h1-3,6-8,10,12,16H,4-5,9H2. The largest absolute Gasteiger partial charge is 0.314 e. The van der Waals surface area contributed by atoms with Gasteiger partial charge in [-0.2, -0.15) is 0 Å². The third-order valence-corrected chi connectivity index (χ3v) is 3.59. The van der Waals surface area contributed by atoms with Crippen LogP contribution >= 0.6 is 0 Å². The van der Waals surface area contributed by atoms with E-state index in [9.17, 15) is 0 Å². The molecule has 0 spiro atoms. The van der Waals surface area contributed by atoms with Crippen LogP contribution in [0.3, 0.4) is 0 Å². The van der Waals surface area contributed by atoms with Gasteiger partial charge in [0.1, 0.15) is 0 Å². The van der Waals surface area contributed by atoms with E-state index in [4.69, 9.17) is 0 Å². The molecule has 3 aromatic rings. The number of hydrogen-bond acceptors (Lipinski definition) is 2. The quantitative estimate of drug-likeness (QED) is 0.759. The fourth-order valence-electron chi connectivity index (χ4n) is 2.39. The summed E-state index contributed by atoms with van der Waals surface area (Å²) in [6, 6.07) is 11.4. The summed E-state index contributed by atoms with van der Waals surface area (Å²) in [6.07, 6.45) is 6.67. The number of aromatic nitrogens is 2. The lowest BCUT2D eigenvalue weighted by molar-refractivity contribution is 0.688. The fraction of sp³-hybridized carbons (Fsp3) is 0.267. The fourth-order valence-corrected chi connectivity index (χ4v) is 2.39. The molecule has 0 bridgehead atoms. The molecule has 3 nitrogen and oxygen atoms in total. The minimum absolute atomic E-state index is 0.751. The third-order valence-electron chi connectivity index (χ3n) is 3.59. The summed E-state index contributed by atoms with van der Waals surface area (Å²) in [6.45, 7) is 0.950. The second kappa shape index (κ2) is 3.82. The molecule has 90 valence electrons. The van der Waals surface area contributed by atoms with Gasteiger partial charge in [0.25, 0.3) is 0 Å². The van der Waals surface area contributed by atoms with Gasteiger partial charge in [0, 0.05) is 18.8 Å². The van der Waals surface area contributed by atoms with E-state index in [1.807, 2.05) is 6.20 Å². The van der Waals surface area contributed by atoms with E-state index >= 15 is 0 Å². The van der Waals surface area contributed by atoms with Crippen LogP contribution in [0, 0.1) is 0 Å². The van der Waals surface area contributed by atoms with Crippen LogP contribution in [0.15, 0.2) is 42.7 Å². The van der Waals surface area contributed by atoms with Gasteiger partial charge in [0.05, 0.1) is 22.7 Å². The number of benzene rings is 1. The molecule has 2 heterocycles. The third kappa shape index (κ3) is 1.68. The molecule has 1 fully saturated rings. The minimum atomic E-state index is 0.751. The highest BCUT2D eigenvalue weighted by molar-refractivity contribution is 5.78. The lowest BCUT2D eigenvalue weighted by atomic mass is 10.2. The Labute approximate surface area is 105 Å². The van der Waals surface area contributed by atoms with Crippen molar-refractivity contribution in [3.05, 3.63) is 48.3 Å². The summed E-state index contributed by atoms with van der Waals surface area (Å²) < 4.78 is 2.18. The van der Waals surface area contributed by atoms with Gasteiger partial charge in [0.2, 0.25) is 0 Å². The van der Waals surface area contributed by atoms with Crippen molar-refractivity contribution < 1.29 is 0 Å². The Hall–Kier alpha value is -1.87. The van der Waals surface area contributed by atoms with E-state index in [-0.39, 0.29) is 0 Å². The normalized spacial score (nSPS) is 15.6. The van der Waals surface area contributed by atoms with Crippen LogP contribution in [0.1, 0.15) is 18.4 Å². The van der Waals surface area contributed by atoms with Crippen LogP contribution in [-0.2, 0) is 6.54 Å². The Bertz CT molecular complexity index is 710. The van der Waals surface area contributed by atoms with Crippen LogP contribution in [0.5, 0.6) is 0 Å². The summed E-state index contributed by atoms with van der Waals surface area (Å²) in [5.74, 6) is 0. The number of hydrogen-bond donors (Lipinski definition) is 1. The van der Waals surface area contributed by atoms with E-state index in [0.717, 1.165) is 23.6 Å². The summed E-state index contributed by atoms with van der Waals surface area (Å²) in [4.78, 5) is 4.54. The molecule has 18 heavy (non-hydrogen) atoms. The zero-order valence-corrected chi connectivity index (χ0v) is 10.1. The van der Waals surface area contributed by atoms with Crippen molar-refractivity contribution in [2.24, 2.45) is 0 Å². The van der Waals surface area contributed by atoms with Gasteiger partial charge in [-0.05, 0) is 42.7 Å². The highest BCUT2D eigenvalue weighted by Gasteiger charge is 2.19. The number of nitrogens with one attached hydrogen (secondary N) is 1. The van der Waals surface area contributed by atoms with Crippen LogP contribution in [0.2, 0.25) is 0 Å². The molecule has 2 aromatic heterocycles. The molecule has 1 aliphatic rings. The molecule has 4 rings (SSSR count). The first-order valence-electron chi connectivity index (χ1n) is 6.48. The first kappa shape index (κ1) is 10.1. The molecule has 0 saturated heterocycles. The second-order valence-corrected chi connectivity index (χ2v) is 5.04. The van der Waals surface area contributed by atoms with E-state index in [1.165, 1.54) is 23.9 Å². The molecule has 3 heteroatoms. The molecule has 0 radical (unpaired) electrons. The highest BCUT2D eigenvalue weighted by Crippen LogP contribution is 2.20. The molecule has 0 atom stereocenters. The summed E-state index contributed by atoms with van der Waals surface area (Å²) in [7, 11) is 0. The Kier molecular flexibility index (Phi) is 2.14. The number of nitrogens with zero attached hydrogens (tertiary/aromatic N) is 2. The van der Waals surface area contributed by atoms with Gasteiger partial charge >= 0.3 is 0 Å². The zero-order valence-electron chi connectivity index (χ0n) is 10.1. The predicted molar refractivity (Wildman–Crippen MR) is 72.6 cm³/mol. The van der Waals surface area contributed by atoms with Gasteiger partial charge in [-0.3, -0.25) is 4.98 Å². The molecule has 1 N–H and O–H groups in total. The van der Waals surface area contributed by atoms with E-state index < -0.39 is 0 Å². The smallest absolute Gasteiger partial charge is 0.0874 e. The maximum Gasteiger partial charge on any atom is 0.0874 e. The topological polar surface area (TPSA) is 29.3 Å². The van der Waals surface area contributed by atoms with Gasteiger partial charge in [0.15, 0.2) is 0 Å². The van der Waals surface area contributed by atoms with Crippen molar-refractivity contribution in [2.45, 2.75) is 25.4 Å². The summed E-state index contributed by atoms with van der Waals surface area (Å²) in [5, 5.41) is 3.54. The Morgan fingerprint density at radius 3 is 3.11 bits per heavy atom. The maximum atomic E-state index is 4.54. The second-order valence-electron chi connectivity index (χ2n) is 5.04. The average molecular weight is 237 g/mol. The SMILES string of the molecule is c1cc2cnc3cc(CNC4CC4)ccc3n2c1. The lowest BCUT2D eigenvalue weighted by Crippen LogP contribution is -2.15. The molecular weight excluding hydrogens is 222 g/mol. The molecule has 1 saturated carbocycles. The predicted octanol–water partition coefficient (Wildman–Crippen LogP) is 2.74. The van der Waals surface area contributed by atoms with E-state index in [1.54, 1.807) is 0 Å². The van der Waals surface area contributed by atoms with E-state index in [2.05, 4.69) is 51.2 Å². The van der Waals surface area contributed by atoms with Crippen molar-refractivity contribution in [2.75, 3.05) is 0 Å². The summed E-state index contributed by atoms with van der Waals surface area (Å²) >= 11 is 0. The Balaban J connectivity index is 1.76. The maximum absolute atomic E-state index is 4.54. The Morgan fingerprint density at radius 2 is 2.22 bits per heavy atom. The first-order valence-corrected chi connectivity index (χ1v) is 6.48. The summed E-state index contributed by atoms with van der Waals surface area (Å²) in [5.41, 5.74) is 4.70. The molecule has 0 unspecified atom stereocenters. The van der Waals surface area contributed by atoms with Gasteiger partial charge in [-0.1, -0.05) is 6.07 Å². The van der Waals surface area contributed by atoms with Gasteiger partial charge in [-0.15, -0.1) is 0 Å². The molecule has 0 amide bonds. The number of fused-ring (bicyclic) bond motifs is 3. The van der Waals surface area contributed by atoms with Crippen molar-refractivity contribution in [1.29, 1.82) is 0 Å². The van der Waals surface area contributed by atoms with Crippen LogP contribution in [-0.4, -0.2) is 15.4 Å². The van der Waals surface area contributed by atoms with Gasteiger partial charge < -0.3 is 9.72 Å². The monoisotopic (exact) mass is 237 g/mol. The highest BCUT2D eigenvalue weighted by atomic mass is 14.9. The molecule has 1 aromatic carbocycles. The molecule has 1 aliphatic carbocycles.